The molecule has 2 nitrogen and oxygen atoms in total. The highest BCUT2D eigenvalue weighted by Gasteiger charge is 1.98. The normalized spacial score (nSPS) is 8.64. The number of rotatable bonds is 1. The minimum Gasteiger partial charge on any atom is -0.410 e. The van der Waals surface area contributed by atoms with Crippen LogP contribution >= 0.6 is 44.3 Å². The van der Waals surface area contributed by atoms with E-state index in [0.717, 1.165) is 8.95 Å². The molecule has 62 valence electrons. The Hall–Kier alpha value is 0.230. The summed E-state index contributed by atoms with van der Waals surface area (Å²) in [5, 5.41) is 0. The Labute approximate surface area is 87.7 Å². The van der Waals surface area contributed by atoms with Crippen LogP contribution in [0.5, 0.6) is 5.75 Å². The first-order valence-electron chi connectivity index (χ1n) is 2.56. The standard InChI is InChI=1S/C6H5Br2NO.ClH/c7-4-1-2-5(8)6(3-4)10-9;/h1-3H,9H2;1H. The first-order chi connectivity index (χ1) is 4.74. The van der Waals surface area contributed by atoms with Crippen LogP contribution in [0.3, 0.4) is 0 Å². The van der Waals surface area contributed by atoms with E-state index in [1.165, 1.54) is 0 Å². The summed E-state index contributed by atoms with van der Waals surface area (Å²) < 4.78 is 1.79. The van der Waals surface area contributed by atoms with Crippen LogP contribution in [-0.4, -0.2) is 0 Å². The number of nitrogens with two attached hydrogens (primary N) is 1. The van der Waals surface area contributed by atoms with Crippen LogP contribution in [0.1, 0.15) is 0 Å². The molecule has 0 amide bonds. The highest BCUT2D eigenvalue weighted by molar-refractivity contribution is 9.11. The van der Waals surface area contributed by atoms with Crippen LogP contribution in [0, 0.1) is 0 Å². The predicted octanol–water partition coefficient (Wildman–Crippen LogP) is 2.89. The number of hydrogen-bond acceptors (Lipinski definition) is 2. The molecule has 0 aliphatic heterocycles. The van der Waals surface area contributed by atoms with E-state index in [0.29, 0.717) is 5.75 Å². The number of halogens is 3. The molecule has 2 N–H and O–H groups in total. The lowest BCUT2D eigenvalue weighted by molar-refractivity contribution is 0.332. The summed E-state index contributed by atoms with van der Waals surface area (Å²) in [4.78, 5) is 4.55. The summed E-state index contributed by atoms with van der Waals surface area (Å²) in [6, 6.07) is 5.53. The van der Waals surface area contributed by atoms with Gasteiger partial charge in [0.1, 0.15) is 0 Å². The maximum Gasteiger partial charge on any atom is 0.162 e. The maximum absolute atomic E-state index is 4.97. The minimum absolute atomic E-state index is 0. The molecule has 1 aromatic carbocycles. The van der Waals surface area contributed by atoms with Crippen molar-refractivity contribution in [2.24, 2.45) is 5.90 Å². The molecular weight excluding hydrogens is 297 g/mol. The third-order valence-electron chi connectivity index (χ3n) is 1.02. The second-order valence-corrected chi connectivity index (χ2v) is 3.46. The second kappa shape index (κ2) is 4.98. The van der Waals surface area contributed by atoms with E-state index < -0.39 is 0 Å². The van der Waals surface area contributed by atoms with Gasteiger partial charge in [0.25, 0.3) is 0 Å². The first kappa shape index (κ1) is 11.2. The van der Waals surface area contributed by atoms with E-state index in [2.05, 4.69) is 36.7 Å². The van der Waals surface area contributed by atoms with Gasteiger partial charge in [-0.3, -0.25) is 0 Å². The van der Waals surface area contributed by atoms with Crippen LogP contribution in [0.15, 0.2) is 27.1 Å². The Morgan fingerprint density at radius 1 is 1.27 bits per heavy atom. The first-order valence-corrected chi connectivity index (χ1v) is 4.14. The lowest BCUT2D eigenvalue weighted by atomic mass is 10.3. The lowest BCUT2D eigenvalue weighted by Crippen LogP contribution is -2.01. The molecule has 0 saturated heterocycles. The molecule has 0 saturated carbocycles. The Morgan fingerprint density at radius 3 is 2.36 bits per heavy atom. The average Bonchev–Trinajstić information content (AvgIpc) is 1.94. The van der Waals surface area contributed by atoms with Gasteiger partial charge in [-0.2, -0.15) is 5.90 Å². The van der Waals surface area contributed by atoms with Crippen molar-refractivity contribution in [1.29, 1.82) is 0 Å². The molecule has 0 aromatic heterocycles. The maximum atomic E-state index is 4.97. The van der Waals surface area contributed by atoms with E-state index in [9.17, 15) is 0 Å². The van der Waals surface area contributed by atoms with Crippen LogP contribution in [0.25, 0.3) is 0 Å². The van der Waals surface area contributed by atoms with Gasteiger partial charge in [0.05, 0.1) is 4.47 Å². The Morgan fingerprint density at radius 2 is 1.91 bits per heavy atom. The van der Waals surface area contributed by atoms with Crippen LogP contribution < -0.4 is 10.7 Å². The smallest absolute Gasteiger partial charge is 0.162 e. The molecule has 1 aromatic rings. The molecule has 0 heterocycles. The van der Waals surface area contributed by atoms with Gasteiger partial charge in [-0.05, 0) is 34.1 Å². The van der Waals surface area contributed by atoms with Gasteiger partial charge in [0, 0.05) is 4.47 Å². The zero-order valence-electron chi connectivity index (χ0n) is 5.38. The van der Waals surface area contributed by atoms with Gasteiger partial charge >= 0.3 is 0 Å². The van der Waals surface area contributed by atoms with Gasteiger partial charge in [-0.1, -0.05) is 15.9 Å². The number of hydrogen-bond donors (Lipinski definition) is 1. The summed E-state index contributed by atoms with van der Waals surface area (Å²) in [5.74, 6) is 5.59. The average molecular weight is 303 g/mol. The van der Waals surface area contributed by atoms with E-state index in [4.69, 9.17) is 5.90 Å². The zero-order chi connectivity index (χ0) is 7.56. The molecule has 0 aliphatic carbocycles. The molecular formula is C6H6Br2ClNO. The minimum atomic E-state index is 0. The van der Waals surface area contributed by atoms with E-state index in [1.54, 1.807) is 6.07 Å². The summed E-state index contributed by atoms with van der Waals surface area (Å²) in [6.45, 7) is 0. The van der Waals surface area contributed by atoms with Crippen LogP contribution in [0.4, 0.5) is 0 Å². The fourth-order valence-corrected chi connectivity index (χ4v) is 1.25. The molecule has 0 atom stereocenters. The largest absolute Gasteiger partial charge is 0.410 e. The van der Waals surface area contributed by atoms with E-state index in [-0.39, 0.29) is 12.4 Å². The van der Waals surface area contributed by atoms with Crippen molar-refractivity contribution in [3.05, 3.63) is 27.1 Å². The monoisotopic (exact) mass is 301 g/mol. The van der Waals surface area contributed by atoms with Crippen LogP contribution in [-0.2, 0) is 0 Å². The summed E-state index contributed by atoms with van der Waals surface area (Å²) in [5.41, 5.74) is 0. The molecule has 0 fully saturated rings. The molecule has 5 heteroatoms. The van der Waals surface area contributed by atoms with Crippen molar-refractivity contribution in [2.75, 3.05) is 0 Å². The molecule has 0 aliphatic rings. The quantitative estimate of drug-likeness (QED) is 0.810. The van der Waals surface area contributed by atoms with Crippen LogP contribution in [0.2, 0.25) is 0 Å². The highest BCUT2D eigenvalue weighted by atomic mass is 79.9. The van der Waals surface area contributed by atoms with Crippen molar-refractivity contribution in [1.82, 2.24) is 0 Å². The van der Waals surface area contributed by atoms with Crippen molar-refractivity contribution < 1.29 is 4.84 Å². The Kier molecular flexibility index (Phi) is 5.08. The molecule has 0 radical (unpaired) electrons. The van der Waals surface area contributed by atoms with Crippen molar-refractivity contribution in [3.63, 3.8) is 0 Å². The molecule has 0 spiro atoms. The predicted molar refractivity (Wildman–Crippen MR) is 53.9 cm³/mol. The second-order valence-electron chi connectivity index (χ2n) is 1.69. The third-order valence-corrected chi connectivity index (χ3v) is 2.17. The van der Waals surface area contributed by atoms with Gasteiger partial charge < -0.3 is 4.84 Å². The highest BCUT2D eigenvalue weighted by Crippen LogP contribution is 2.27. The summed E-state index contributed by atoms with van der Waals surface area (Å²) in [6.07, 6.45) is 0. The van der Waals surface area contributed by atoms with E-state index in [1.807, 2.05) is 12.1 Å². The summed E-state index contributed by atoms with van der Waals surface area (Å²) >= 11 is 6.55. The molecule has 0 unspecified atom stereocenters. The van der Waals surface area contributed by atoms with Crippen molar-refractivity contribution in [3.8, 4) is 5.75 Å². The van der Waals surface area contributed by atoms with Gasteiger partial charge in [-0.25, -0.2) is 0 Å². The van der Waals surface area contributed by atoms with E-state index >= 15 is 0 Å². The van der Waals surface area contributed by atoms with Gasteiger partial charge in [0.15, 0.2) is 5.75 Å². The van der Waals surface area contributed by atoms with Gasteiger partial charge in [-0.15, -0.1) is 12.4 Å². The molecule has 0 bridgehead atoms. The molecule has 11 heavy (non-hydrogen) atoms. The Balaban J connectivity index is 0.000001000. The fourth-order valence-electron chi connectivity index (χ4n) is 0.568. The Bertz CT molecular complexity index is 244. The molecule has 1 rings (SSSR count). The fraction of sp³-hybridized carbons (Fsp3) is 0. The van der Waals surface area contributed by atoms with Gasteiger partial charge in [0.2, 0.25) is 0 Å². The van der Waals surface area contributed by atoms with Crippen molar-refractivity contribution >= 4 is 44.3 Å². The van der Waals surface area contributed by atoms with Crippen molar-refractivity contribution in [2.45, 2.75) is 0 Å². The SMILES string of the molecule is Cl.NOc1cc(Br)ccc1Br. The third kappa shape index (κ3) is 2.99. The summed E-state index contributed by atoms with van der Waals surface area (Å²) in [7, 11) is 0. The topological polar surface area (TPSA) is 35.2 Å². The zero-order valence-corrected chi connectivity index (χ0v) is 9.37. The lowest BCUT2D eigenvalue weighted by Gasteiger charge is -2.00. The number of benzene rings is 1.